The number of sulfone groups is 1. The summed E-state index contributed by atoms with van der Waals surface area (Å²) in [5.41, 5.74) is 8.09. The number of anilines is 1. The summed E-state index contributed by atoms with van der Waals surface area (Å²) in [6.45, 7) is 1.92. The number of aryl methyl sites for hydroxylation is 1. The fraction of sp³-hybridized carbons (Fsp3) is 0.0625. The number of nitrogens with two attached hydrogens (primary N) is 1. The Hall–Kier alpha value is -1.88. The number of nitrogens with zero attached hydrogens (tertiary/aromatic N) is 1. The van der Waals surface area contributed by atoms with Gasteiger partial charge in [0.05, 0.1) is 0 Å². The predicted molar refractivity (Wildman–Crippen MR) is 87.7 cm³/mol. The predicted octanol–water partition coefficient (Wildman–Crippen LogP) is 2.53. The van der Waals surface area contributed by atoms with E-state index in [0.29, 0.717) is 14.2 Å². The van der Waals surface area contributed by atoms with Crippen LogP contribution in [0.2, 0.25) is 0 Å². The average molecular weight is 377 g/mol. The Morgan fingerprint density at radius 2 is 1.64 bits per heavy atom. The third-order valence-electron chi connectivity index (χ3n) is 3.24. The van der Waals surface area contributed by atoms with Crippen LogP contribution >= 0.6 is 0 Å². The Labute approximate surface area is 135 Å². The van der Waals surface area contributed by atoms with E-state index in [4.69, 9.17) is 5.73 Å². The summed E-state index contributed by atoms with van der Waals surface area (Å²) >= 11 is -0.477. The summed E-state index contributed by atoms with van der Waals surface area (Å²) in [4.78, 5) is 4.56. The van der Waals surface area contributed by atoms with E-state index in [9.17, 15) is 8.42 Å². The van der Waals surface area contributed by atoms with Crippen LogP contribution in [-0.4, -0.2) is 27.9 Å². The number of hydrogen-bond donors (Lipinski definition) is 1. The molecule has 0 unspecified atom stereocenters. The van der Waals surface area contributed by atoms with Crippen molar-refractivity contribution in [2.24, 2.45) is 0 Å². The molecule has 2 N–H and O–H groups in total. The molecule has 0 fully saturated rings. The molecule has 1 heterocycles. The Morgan fingerprint density at radius 1 is 1.00 bits per heavy atom. The second-order valence-corrected chi connectivity index (χ2v) is 9.50. The van der Waals surface area contributed by atoms with Crippen molar-refractivity contribution >= 4 is 29.0 Å². The first-order chi connectivity index (χ1) is 10.5. The van der Waals surface area contributed by atoms with Gasteiger partial charge in [-0.05, 0) is 0 Å². The van der Waals surface area contributed by atoms with Gasteiger partial charge in [-0.25, -0.2) is 0 Å². The van der Waals surface area contributed by atoms with Crippen LogP contribution in [0.5, 0.6) is 0 Å². The van der Waals surface area contributed by atoms with Crippen LogP contribution < -0.4 is 5.73 Å². The molecule has 0 amide bonds. The fourth-order valence-electron chi connectivity index (χ4n) is 2.11. The van der Waals surface area contributed by atoms with E-state index in [1.54, 1.807) is 24.3 Å². The standard InChI is InChI=1S/C16H14N2O2SSe/c1-11-7-9-13(10-8-11)21(19,20)15-14(18-16(17)22-15)12-5-3-2-4-6-12/h2-10H,1H3,(H2,17,18). The number of hydrogen-bond acceptors (Lipinski definition) is 4. The molecule has 0 bridgehead atoms. The molecule has 112 valence electrons. The molecule has 1 aromatic heterocycles. The van der Waals surface area contributed by atoms with Crippen LogP contribution in [0.25, 0.3) is 11.3 Å². The van der Waals surface area contributed by atoms with Crippen molar-refractivity contribution in [3.63, 3.8) is 0 Å². The molecular weight excluding hydrogens is 363 g/mol. The summed E-state index contributed by atoms with van der Waals surface area (Å²) in [5.74, 6) is 0. The Kier molecular flexibility index (Phi) is 3.91. The van der Waals surface area contributed by atoms with Crippen LogP contribution in [0.4, 0.5) is 4.69 Å². The van der Waals surface area contributed by atoms with E-state index in [2.05, 4.69) is 4.98 Å². The van der Waals surface area contributed by atoms with Gasteiger partial charge in [0.15, 0.2) is 0 Å². The van der Waals surface area contributed by atoms with Gasteiger partial charge in [-0.3, -0.25) is 0 Å². The van der Waals surface area contributed by atoms with E-state index >= 15 is 0 Å². The third-order valence-corrected chi connectivity index (χ3v) is 8.05. The zero-order chi connectivity index (χ0) is 15.7. The van der Waals surface area contributed by atoms with Crippen molar-refractivity contribution in [2.45, 2.75) is 15.6 Å². The van der Waals surface area contributed by atoms with Gasteiger partial charge >= 0.3 is 135 Å². The maximum atomic E-state index is 12.9. The molecule has 22 heavy (non-hydrogen) atoms. The van der Waals surface area contributed by atoms with Crippen LogP contribution in [0.1, 0.15) is 5.56 Å². The summed E-state index contributed by atoms with van der Waals surface area (Å²) in [5, 5.41) is 0. The van der Waals surface area contributed by atoms with Crippen molar-refractivity contribution in [3.8, 4) is 11.3 Å². The Morgan fingerprint density at radius 3 is 2.27 bits per heavy atom. The van der Waals surface area contributed by atoms with Gasteiger partial charge in [0.25, 0.3) is 0 Å². The van der Waals surface area contributed by atoms with Gasteiger partial charge in [-0.15, -0.1) is 0 Å². The normalized spacial score (nSPS) is 11.5. The molecule has 0 aliphatic rings. The zero-order valence-electron chi connectivity index (χ0n) is 11.9. The van der Waals surface area contributed by atoms with E-state index in [0.717, 1.165) is 11.1 Å². The van der Waals surface area contributed by atoms with E-state index in [1.807, 2.05) is 37.3 Å². The van der Waals surface area contributed by atoms with Crippen molar-refractivity contribution < 1.29 is 8.42 Å². The first kappa shape index (κ1) is 15.0. The van der Waals surface area contributed by atoms with Gasteiger partial charge in [0.1, 0.15) is 0 Å². The second kappa shape index (κ2) is 5.72. The summed E-state index contributed by atoms with van der Waals surface area (Å²) < 4.78 is 26.5. The first-order valence-electron chi connectivity index (χ1n) is 6.62. The summed E-state index contributed by atoms with van der Waals surface area (Å²) in [7, 11) is -3.57. The number of nitrogen functional groups attached to an aromatic ring is 1. The van der Waals surface area contributed by atoms with Crippen LogP contribution in [0.15, 0.2) is 63.3 Å². The topological polar surface area (TPSA) is 73.0 Å². The summed E-state index contributed by atoms with van der Waals surface area (Å²) in [6.07, 6.45) is 0. The van der Waals surface area contributed by atoms with E-state index in [1.165, 1.54) is 0 Å². The third kappa shape index (κ3) is 2.73. The molecule has 3 aromatic rings. The van der Waals surface area contributed by atoms with Gasteiger partial charge in [-0.2, -0.15) is 0 Å². The van der Waals surface area contributed by atoms with Crippen molar-refractivity contribution in [1.82, 2.24) is 4.98 Å². The van der Waals surface area contributed by atoms with Crippen molar-refractivity contribution in [2.75, 3.05) is 5.73 Å². The molecule has 0 spiro atoms. The Bertz CT molecular complexity index is 901. The minimum atomic E-state index is -3.57. The maximum absolute atomic E-state index is 12.9. The number of aromatic nitrogens is 1. The first-order valence-corrected chi connectivity index (χ1v) is 9.81. The van der Waals surface area contributed by atoms with Gasteiger partial charge in [0.2, 0.25) is 0 Å². The molecule has 0 atom stereocenters. The monoisotopic (exact) mass is 378 g/mol. The van der Waals surface area contributed by atoms with E-state index < -0.39 is 24.3 Å². The van der Waals surface area contributed by atoms with Gasteiger partial charge < -0.3 is 0 Å². The average Bonchev–Trinajstić information content (AvgIpc) is 2.91. The summed E-state index contributed by atoms with van der Waals surface area (Å²) in [6, 6.07) is 16.1. The van der Waals surface area contributed by atoms with Crippen molar-refractivity contribution in [1.29, 1.82) is 0 Å². The number of rotatable bonds is 3. The second-order valence-electron chi connectivity index (χ2n) is 4.87. The molecule has 0 radical (unpaired) electrons. The zero-order valence-corrected chi connectivity index (χ0v) is 14.4. The molecule has 4 nitrogen and oxygen atoms in total. The van der Waals surface area contributed by atoms with Gasteiger partial charge in [0, 0.05) is 0 Å². The van der Waals surface area contributed by atoms with Crippen LogP contribution in [-0.2, 0) is 9.84 Å². The molecule has 3 rings (SSSR count). The molecule has 0 aliphatic heterocycles. The molecule has 0 saturated carbocycles. The molecule has 2 aromatic carbocycles. The van der Waals surface area contributed by atoms with Crippen LogP contribution in [0.3, 0.4) is 0 Å². The molecular formula is C16H14N2O2SSe. The molecule has 0 saturated heterocycles. The molecule has 0 aliphatic carbocycles. The number of benzene rings is 2. The minimum absolute atomic E-state index is 0.285. The SMILES string of the molecule is Cc1ccc(S(=O)(=O)c2[se]c(N)nc2-c2ccccc2)cc1. The molecule has 6 heteroatoms. The van der Waals surface area contributed by atoms with Crippen LogP contribution in [0, 0.1) is 6.92 Å². The Balaban J connectivity index is 2.18. The van der Waals surface area contributed by atoms with Crippen molar-refractivity contribution in [3.05, 3.63) is 60.2 Å². The van der Waals surface area contributed by atoms with Gasteiger partial charge in [-0.1, -0.05) is 0 Å². The fourth-order valence-corrected chi connectivity index (χ4v) is 6.31. The van der Waals surface area contributed by atoms with E-state index in [-0.39, 0.29) is 4.90 Å². The quantitative estimate of drug-likeness (QED) is 0.712.